The molecule has 1 aromatic carbocycles. The molecule has 0 amide bonds. The van der Waals surface area contributed by atoms with E-state index < -0.39 is 0 Å². The number of unbranched alkanes of at least 4 members (excludes halogenated alkanes) is 5. The summed E-state index contributed by atoms with van der Waals surface area (Å²) >= 11 is 5.20. The lowest BCUT2D eigenvalue weighted by Gasteiger charge is -2.20. The van der Waals surface area contributed by atoms with Crippen LogP contribution in [0.1, 0.15) is 71.3 Å². The Balaban J connectivity index is 1.60. The van der Waals surface area contributed by atoms with Crippen molar-refractivity contribution >= 4 is 29.2 Å². The molecule has 0 fully saturated rings. The molecule has 0 spiro atoms. The van der Waals surface area contributed by atoms with Crippen LogP contribution in [0.4, 0.5) is 0 Å². The zero-order valence-corrected chi connectivity index (χ0v) is 19.0. The standard InChI is InChI=1S/C24H34O4S/c1-5-24(3,4)23(25)27-15-11-9-7-6-8-10-14-26-21-17-22(29)28-20-13-12-18(2)16-19(20)21/h12-13,16-17H,5-11,14-15H2,1-4H3. The van der Waals surface area contributed by atoms with Crippen LogP contribution in [0.25, 0.3) is 11.0 Å². The molecule has 2 aromatic rings. The predicted molar refractivity (Wildman–Crippen MR) is 120 cm³/mol. The van der Waals surface area contributed by atoms with Crippen LogP contribution in [0, 0.1) is 17.0 Å². The summed E-state index contributed by atoms with van der Waals surface area (Å²) in [5.74, 6) is 0.715. The minimum absolute atomic E-state index is 0.0872. The molecular formula is C24H34O4S. The maximum atomic E-state index is 11.9. The Morgan fingerprint density at radius 2 is 1.69 bits per heavy atom. The van der Waals surface area contributed by atoms with Gasteiger partial charge in [0, 0.05) is 6.07 Å². The average Bonchev–Trinajstić information content (AvgIpc) is 2.69. The Hall–Kier alpha value is -1.88. The molecular weight excluding hydrogens is 384 g/mol. The molecule has 0 unspecified atom stereocenters. The van der Waals surface area contributed by atoms with Crippen molar-refractivity contribution < 1.29 is 18.7 Å². The van der Waals surface area contributed by atoms with E-state index in [0.717, 1.165) is 61.7 Å². The van der Waals surface area contributed by atoms with E-state index in [1.165, 1.54) is 5.56 Å². The van der Waals surface area contributed by atoms with Crippen molar-refractivity contribution in [3.05, 3.63) is 34.5 Å². The highest BCUT2D eigenvalue weighted by Gasteiger charge is 2.26. The number of carbonyl (C=O) groups excluding carboxylic acids is 1. The fourth-order valence-electron chi connectivity index (χ4n) is 2.97. The minimum atomic E-state index is -0.372. The molecule has 160 valence electrons. The maximum Gasteiger partial charge on any atom is 0.311 e. The molecule has 1 heterocycles. The van der Waals surface area contributed by atoms with E-state index in [1.54, 1.807) is 6.07 Å². The number of carbonyl (C=O) groups is 1. The van der Waals surface area contributed by atoms with Crippen molar-refractivity contribution in [3.63, 3.8) is 0 Å². The molecule has 29 heavy (non-hydrogen) atoms. The van der Waals surface area contributed by atoms with Gasteiger partial charge in [0.05, 0.1) is 24.0 Å². The van der Waals surface area contributed by atoms with Gasteiger partial charge in [-0.15, -0.1) is 0 Å². The number of benzene rings is 1. The van der Waals surface area contributed by atoms with E-state index in [9.17, 15) is 4.79 Å². The zero-order chi connectivity index (χ0) is 21.3. The van der Waals surface area contributed by atoms with Crippen molar-refractivity contribution in [2.75, 3.05) is 13.2 Å². The quantitative estimate of drug-likeness (QED) is 0.208. The molecule has 5 heteroatoms. The van der Waals surface area contributed by atoms with Crippen LogP contribution >= 0.6 is 12.2 Å². The predicted octanol–water partition coefficient (Wildman–Crippen LogP) is 7.17. The smallest absolute Gasteiger partial charge is 0.311 e. The topological polar surface area (TPSA) is 48.7 Å². The van der Waals surface area contributed by atoms with Crippen molar-refractivity contribution in [2.24, 2.45) is 5.41 Å². The van der Waals surface area contributed by atoms with Crippen molar-refractivity contribution in [2.45, 2.75) is 72.6 Å². The van der Waals surface area contributed by atoms with Gasteiger partial charge in [-0.25, -0.2) is 0 Å². The first-order chi connectivity index (χ1) is 13.8. The lowest BCUT2D eigenvalue weighted by molar-refractivity contribution is -0.154. The average molecular weight is 419 g/mol. The van der Waals surface area contributed by atoms with Gasteiger partial charge >= 0.3 is 5.97 Å². The number of hydrogen-bond donors (Lipinski definition) is 0. The summed E-state index contributed by atoms with van der Waals surface area (Å²) in [5.41, 5.74) is 1.56. The van der Waals surface area contributed by atoms with Crippen LogP contribution in [0.15, 0.2) is 28.7 Å². The highest BCUT2D eigenvalue weighted by Crippen LogP contribution is 2.27. The third-order valence-corrected chi connectivity index (χ3v) is 5.53. The summed E-state index contributed by atoms with van der Waals surface area (Å²) in [4.78, 5) is 11.9. The van der Waals surface area contributed by atoms with Crippen LogP contribution in [-0.4, -0.2) is 19.2 Å². The highest BCUT2D eigenvalue weighted by atomic mass is 32.1. The molecule has 0 saturated heterocycles. The van der Waals surface area contributed by atoms with Gasteiger partial charge in [-0.05, 0) is 64.4 Å². The molecule has 0 aliphatic carbocycles. The first-order valence-electron chi connectivity index (χ1n) is 10.7. The minimum Gasteiger partial charge on any atom is -0.493 e. The Morgan fingerprint density at radius 1 is 1.03 bits per heavy atom. The third-order valence-electron chi connectivity index (χ3n) is 5.33. The van der Waals surface area contributed by atoms with Gasteiger partial charge < -0.3 is 13.9 Å². The van der Waals surface area contributed by atoms with Gasteiger partial charge in [-0.3, -0.25) is 4.79 Å². The van der Waals surface area contributed by atoms with Crippen molar-refractivity contribution in [1.29, 1.82) is 0 Å². The molecule has 0 N–H and O–H groups in total. The van der Waals surface area contributed by atoms with Gasteiger partial charge in [-0.2, -0.15) is 0 Å². The Bertz CT molecular complexity index is 854. The van der Waals surface area contributed by atoms with E-state index in [0.29, 0.717) is 17.9 Å². The fourth-order valence-corrected chi connectivity index (χ4v) is 3.16. The first-order valence-corrected chi connectivity index (χ1v) is 11.1. The Labute approximate surface area is 179 Å². The second-order valence-electron chi connectivity index (χ2n) is 8.27. The van der Waals surface area contributed by atoms with E-state index in [2.05, 4.69) is 13.0 Å². The van der Waals surface area contributed by atoms with Gasteiger partial charge in [0.15, 0.2) is 4.71 Å². The molecule has 0 saturated carbocycles. The van der Waals surface area contributed by atoms with Crippen LogP contribution in [0.2, 0.25) is 0 Å². The first kappa shape index (κ1) is 23.4. The maximum absolute atomic E-state index is 11.9. The van der Waals surface area contributed by atoms with Gasteiger partial charge in [0.25, 0.3) is 0 Å². The van der Waals surface area contributed by atoms with Crippen LogP contribution in [0.5, 0.6) is 5.75 Å². The summed E-state index contributed by atoms with van der Waals surface area (Å²) in [7, 11) is 0. The molecule has 1 aromatic heterocycles. The largest absolute Gasteiger partial charge is 0.493 e. The number of aryl methyl sites for hydroxylation is 1. The summed E-state index contributed by atoms with van der Waals surface area (Å²) in [6.45, 7) is 9.13. The third kappa shape index (κ3) is 7.46. The van der Waals surface area contributed by atoms with E-state index in [4.69, 9.17) is 26.1 Å². The van der Waals surface area contributed by atoms with E-state index >= 15 is 0 Å². The van der Waals surface area contributed by atoms with E-state index in [1.807, 2.05) is 32.9 Å². The second-order valence-corrected chi connectivity index (χ2v) is 8.67. The second kappa shape index (κ2) is 11.3. The summed E-state index contributed by atoms with van der Waals surface area (Å²) < 4.78 is 17.4. The zero-order valence-electron chi connectivity index (χ0n) is 18.2. The van der Waals surface area contributed by atoms with Gasteiger partial charge in [0.2, 0.25) is 0 Å². The molecule has 0 atom stereocenters. The molecule has 0 aliphatic rings. The van der Waals surface area contributed by atoms with Crippen LogP contribution < -0.4 is 4.74 Å². The summed E-state index contributed by atoms with van der Waals surface area (Å²) in [5, 5.41) is 0.972. The fraction of sp³-hybridized carbons (Fsp3) is 0.583. The van der Waals surface area contributed by atoms with Crippen LogP contribution in [-0.2, 0) is 9.53 Å². The van der Waals surface area contributed by atoms with E-state index in [-0.39, 0.29) is 11.4 Å². The van der Waals surface area contributed by atoms with Gasteiger partial charge in [0.1, 0.15) is 11.3 Å². The summed E-state index contributed by atoms with van der Waals surface area (Å²) in [6.07, 6.45) is 7.26. The lowest BCUT2D eigenvalue weighted by Crippen LogP contribution is -2.26. The van der Waals surface area contributed by atoms with Crippen molar-refractivity contribution in [1.82, 2.24) is 0 Å². The van der Waals surface area contributed by atoms with Crippen molar-refractivity contribution in [3.8, 4) is 5.75 Å². The highest BCUT2D eigenvalue weighted by molar-refractivity contribution is 7.71. The SMILES string of the molecule is CCC(C)(C)C(=O)OCCCCCCCCOc1cc(=S)oc2ccc(C)cc12. The molecule has 4 nitrogen and oxygen atoms in total. The number of rotatable bonds is 12. The molecule has 0 bridgehead atoms. The molecule has 0 radical (unpaired) electrons. The van der Waals surface area contributed by atoms with Crippen LogP contribution in [0.3, 0.4) is 0 Å². The summed E-state index contributed by atoms with van der Waals surface area (Å²) in [6, 6.07) is 7.81. The normalized spacial score (nSPS) is 11.6. The Kier molecular flexibility index (Phi) is 9.15. The molecule has 2 rings (SSSR count). The van der Waals surface area contributed by atoms with Gasteiger partial charge in [-0.1, -0.05) is 44.2 Å². The monoisotopic (exact) mass is 418 g/mol. The Morgan fingerprint density at radius 3 is 2.38 bits per heavy atom. The number of esters is 1. The molecule has 0 aliphatic heterocycles. The lowest BCUT2D eigenvalue weighted by atomic mass is 9.91. The number of ether oxygens (including phenoxy) is 2. The number of fused-ring (bicyclic) bond motifs is 1. The number of hydrogen-bond acceptors (Lipinski definition) is 5.